The molecule has 1 aromatic rings. The van der Waals surface area contributed by atoms with Crippen molar-refractivity contribution in [3.8, 4) is 0 Å². The summed E-state index contributed by atoms with van der Waals surface area (Å²) in [6.07, 6.45) is 8.58. The van der Waals surface area contributed by atoms with Crippen LogP contribution in [0.25, 0.3) is 0 Å². The first-order chi connectivity index (χ1) is 7.33. The number of pyridine rings is 1. The van der Waals surface area contributed by atoms with Crippen molar-refractivity contribution in [2.45, 2.75) is 38.0 Å². The third-order valence-corrected chi connectivity index (χ3v) is 4.16. The molecule has 0 N–H and O–H groups in total. The minimum Gasteiger partial charge on any atom is -0.228 e. The van der Waals surface area contributed by atoms with Crippen molar-refractivity contribution in [1.82, 2.24) is 4.98 Å². The zero-order valence-corrected chi connectivity index (χ0v) is 8.82. The molecular weight excluding hydrogens is 189 g/mol. The van der Waals surface area contributed by atoms with Crippen LogP contribution in [0.15, 0.2) is 18.3 Å². The summed E-state index contributed by atoms with van der Waals surface area (Å²) in [5.41, 5.74) is 1.26. The lowest BCUT2D eigenvalue weighted by molar-refractivity contribution is 0.350. The molecule has 2 aliphatic carbocycles. The molecule has 15 heavy (non-hydrogen) atoms. The molecule has 2 aliphatic rings. The SMILES string of the molecule is Fc1ccc(C2CC3CCCC2C3)cn1. The topological polar surface area (TPSA) is 12.9 Å². The zero-order valence-electron chi connectivity index (χ0n) is 8.82. The number of nitrogens with zero attached hydrogens (tertiary/aromatic N) is 1. The molecule has 2 saturated carbocycles. The maximum atomic E-state index is 12.7. The summed E-state index contributed by atoms with van der Waals surface area (Å²) in [7, 11) is 0. The monoisotopic (exact) mass is 205 g/mol. The summed E-state index contributed by atoms with van der Waals surface area (Å²) in [5.74, 6) is 2.07. The van der Waals surface area contributed by atoms with E-state index in [0.717, 1.165) is 11.8 Å². The number of aromatic nitrogens is 1. The molecule has 0 aliphatic heterocycles. The van der Waals surface area contributed by atoms with Gasteiger partial charge >= 0.3 is 0 Å². The lowest BCUT2D eigenvalue weighted by Gasteiger charge is -2.20. The third-order valence-electron chi connectivity index (χ3n) is 4.16. The molecule has 3 rings (SSSR count). The van der Waals surface area contributed by atoms with Gasteiger partial charge in [-0.25, -0.2) is 4.98 Å². The van der Waals surface area contributed by atoms with Crippen molar-refractivity contribution in [3.63, 3.8) is 0 Å². The van der Waals surface area contributed by atoms with Gasteiger partial charge in [-0.15, -0.1) is 0 Å². The van der Waals surface area contributed by atoms with Gasteiger partial charge in [0.25, 0.3) is 0 Å². The second-order valence-corrected chi connectivity index (χ2v) is 5.05. The van der Waals surface area contributed by atoms with E-state index in [9.17, 15) is 4.39 Å². The lowest BCUT2D eigenvalue weighted by atomic mass is 9.85. The molecule has 1 aromatic heterocycles. The van der Waals surface area contributed by atoms with Crippen molar-refractivity contribution in [2.24, 2.45) is 11.8 Å². The van der Waals surface area contributed by atoms with Gasteiger partial charge in [-0.3, -0.25) is 0 Å². The predicted molar refractivity (Wildman–Crippen MR) is 57.0 cm³/mol. The van der Waals surface area contributed by atoms with E-state index >= 15 is 0 Å². The summed E-state index contributed by atoms with van der Waals surface area (Å²) >= 11 is 0. The van der Waals surface area contributed by atoms with Gasteiger partial charge in [-0.2, -0.15) is 4.39 Å². The van der Waals surface area contributed by atoms with Crippen molar-refractivity contribution in [1.29, 1.82) is 0 Å². The van der Waals surface area contributed by atoms with Crippen LogP contribution in [0.1, 0.15) is 43.6 Å². The number of fused-ring (bicyclic) bond motifs is 2. The Morgan fingerprint density at radius 3 is 2.87 bits per heavy atom. The molecule has 2 heteroatoms. The fourth-order valence-corrected chi connectivity index (χ4v) is 3.48. The summed E-state index contributed by atoms with van der Waals surface area (Å²) in [6.45, 7) is 0. The second kappa shape index (κ2) is 3.58. The molecule has 0 radical (unpaired) electrons. The van der Waals surface area contributed by atoms with Crippen LogP contribution in [0.5, 0.6) is 0 Å². The average Bonchev–Trinajstić information content (AvgIpc) is 2.55. The van der Waals surface area contributed by atoms with Crippen LogP contribution >= 0.6 is 0 Å². The van der Waals surface area contributed by atoms with Crippen molar-refractivity contribution in [3.05, 3.63) is 29.8 Å². The van der Waals surface area contributed by atoms with Gasteiger partial charge in [0.2, 0.25) is 5.95 Å². The van der Waals surface area contributed by atoms with Crippen LogP contribution in [0.3, 0.4) is 0 Å². The van der Waals surface area contributed by atoms with Gasteiger partial charge in [0.1, 0.15) is 0 Å². The third kappa shape index (κ3) is 1.66. The highest BCUT2D eigenvalue weighted by Gasteiger charge is 2.37. The Kier molecular flexibility index (Phi) is 2.23. The van der Waals surface area contributed by atoms with Crippen LogP contribution in [-0.4, -0.2) is 4.98 Å². The lowest BCUT2D eigenvalue weighted by Crippen LogP contribution is -2.08. The van der Waals surface area contributed by atoms with Crippen LogP contribution in [-0.2, 0) is 0 Å². The Morgan fingerprint density at radius 1 is 1.20 bits per heavy atom. The van der Waals surface area contributed by atoms with Gasteiger partial charge in [0.05, 0.1) is 0 Å². The number of hydrogen-bond acceptors (Lipinski definition) is 1. The number of hydrogen-bond donors (Lipinski definition) is 0. The molecule has 0 amide bonds. The van der Waals surface area contributed by atoms with Gasteiger partial charge in [0.15, 0.2) is 0 Å². The molecule has 1 nitrogen and oxygen atoms in total. The Balaban J connectivity index is 1.85. The van der Waals surface area contributed by atoms with Gasteiger partial charge in [0, 0.05) is 6.20 Å². The Labute approximate surface area is 89.7 Å². The second-order valence-electron chi connectivity index (χ2n) is 5.05. The van der Waals surface area contributed by atoms with Gasteiger partial charge in [-0.1, -0.05) is 18.9 Å². The van der Waals surface area contributed by atoms with E-state index in [1.807, 2.05) is 6.07 Å². The van der Waals surface area contributed by atoms with E-state index in [0.29, 0.717) is 5.92 Å². The Morgan fingerprint density at radius 2 is 2.13 bits per heavy atom. The first-order valence-corrected chi connectivity index (χ1v) is 5.94. The quantitative estimate of drug-likeness (QED) is 0.639. The normalized spacial score (nSPS) is 34.3. The van der Waals surface area contributed by atoms with Crippen LogP contribution in [0.2, 0.25) is 0 Å². The Hall–Kier alpha value is -0.920. The first kappa shape index (κ1) is 9.32. The largest absolute Gasteiger partial charge is 0.228 e. The fourth-order valence-electron chi connectivity index (χ4n) is 3.48. The summed E-state index contributed by atoms with van der Waals surface area (Å²) in [4.78, 5) is 3.77. The summed E-state index contributed by atoms with van der Waals surface area (Å²) < 4.78 is 12.7. The Bertz CT molecular complexity index is 346. The van der Waals surface area contributed by atoms with Crippen molar-refractivity contribution < 1.29 is 4.39 Å². The highest BCUT2D eigenvalue weighted by molar-refractivity contribution is 5.18. The number of halogens is 1. The van der Waals surface area contributed by atoms with Crippen LogP contribution in [0, 0.1) is 17.8 Å². The summed E-state index contributed by atoms with van der Waals surface area (Å²) in [5, 5.41) is 0. The van der Waals surface area contributed by atoms with Crippen LogP contribution < -0.4 is 0 Å². The van der Waals surface area contributed by atoms with Gasteiger partial charge in [-0.05, 0) is 48.6 Å². The standard InChI is InChI=1S/C13H16FN/c14-13-5-4-11(8-15-13)12-7-9-2-1-3-10(12)6-9/h4-5,8-10,12H,1-3,6-7H2. The maximum Gasteiger partial charge on any atom is 0.212 e. The molecule has 0 spiro atoms. The van der Waals surface area contributed by atoms with Gasteiger partial charge < -0.3 is 0 Å². The van der Waals surface area contributed by atoms with E-state index < -0.39 is 0 Å². The average molecular weight is 205 g/mol. The van der Waals surface area contributed by atoms with E-state index in [1.54, 1.807) is 6.20 Å². The molecule has 2 fully saturated rings. The van der Waals surface area contributed by atoms with E-state index in [1.165, 1.54) is 43.7 Å². The number of rotatable bonds is 1. The van der Waals surface area contributed by atoms with E-state index in [4.69, 9.17) is 0 Å². The molecule has 0 aromatic carbocycles. The van der Waals surface area contributed by atoms with Crippen molar-refractivity contribution in [2.75, 3.05) is 0 Å². The van der Waals surface area contributed by atoms with Crippen molar-refractivity contribution >= 4 is 0 Å². The van der Waals surface area contributed by atoms with E-state index in [-0.39, 0.29) is 5.95 Å². The van der Waals surface area contributed by atoms with Crippen LogP contribution in [0.4, 0.5) is 4.39 Å². The zero-order chi connectivity index (χ0) is 10.3. The molecule has 80 valence electrons. The first-order valence-electron chi connectivity index (χ1n) is 5.94. The van der Waals surface area contributed by atoms with E-state index in [2.05, 4.69) is 4.98 Å². The predicted octanol–water partition coefficient (Wildman–Crippen LogP) is 3.51. The minimum atomic E-state index is -0.361. The molecule has 2 bridgehead atoms. The molecular formula is C13H16FN. The highest BCUT2D eigenvalue weighted by atomic mass is 19.1. The molecule has 3 unspecified atom stereocenters. The molecule has 1 heterocycles. The summed E-state index contributed by atoms with van der Waals surface area (Å²) in [6, 6.07) is 3.42. The smallest absolute Gasteiger partial charge is 0.212 e. The molecule has 3 atom stereocenters. The minimum absolute atomic E-state index is 0.361. The molecule has 0 saturated heterocycles. The highest BCUT2D eigenvalue weighted by Crippen LogP contribution is 2.50. The maximum absolute atomic E-state index is 12.7. The fraction of sp³-hybridized carbons (Fsp3) is 0.615.